The first-order valence-electron chi connectivity index (χ1n) is 8.53. The molecular formula is C21H20ClN3O2S. The molecule has 0 aliphatic rings. The summed E-state index contributed by atoms with van der Waals surface area (Å²) < 4.78 is 26.8. The average Bonchev–Trinajstić information content (AvgIpc) is 2.73. The van der Waals surface area contributed by atoms with Crippen LogP contribution in [0.15, 0.2) is 73.1 Å². The van der Waals surface area contributed by atoms with Gasteiger partial charge in [0, 0.05) is 12.4 Å². The van der Waals surface area contributed by atoms with E-state index in [9.17, 15) is 8.42 Å². The van der Waals surface area contributed by atoms with Crippen LogP contribution in [0.2, 0.25) is 0 Å². The molecule has 3 rings (SSSR count). The van der Waals surface area contributed by atoms with Crippen molar-refractivity contribution < 1.29 is 8.42 Å². The standard InChI is InChI=1S/C21H19N3O2S.ClH/c1-2-27(25,26)24(16-18-5-4-12-23-15-18)21-7-3-6-20(13-21)19-10-8-17(14-22)9-11-19;/h3-13,15H,2,16H2,1H3;1H. The number of nitrogens with zero attached hydrogens (tertiary/aromatic N) is 3. The first kappa shape index (κ1) is 21.4. The fourth-order valence-electron chi connectivity index (χ4n) is 2.74. The topological polar surface area (TPSA) is 74.1 Å². The molecule has 0 aliphatic heterocycles. The minimum atomic E-state index is -3.46. The van der Waals surface area contributed by atoms with E-state index < -0.39 is 10.0 Å². The van der Waals surface area contributed by atoms with Crippen LogP contribution in [-0.2, 0) is 16.6 Å². The van der Waals surface area contributed by atoms with Crippen molar-refractivity contribution in [2.24, 2.45) is 0 Å². The lowest BCUT2D eigenvalue weighted by Gasteiger charge is -2.24. The molecule has 0 saturated carbocycles. The van der Waals surface area contributed by atoms with Crippen molar-refractivity contribution in [2.45, 2.75) is 13.5 Å². The van der Waals surface area contributed by atoms with Crippen molar-refractivity contribution in [3.63, 3.8) is 0 Å². The van der Waals surface area contributed by atoms with E-state index in [0.717, 1.165) is 16.7 Å². The molecule has 5 nitrogen and oxygen atoms in total. The van der Waals surface area contributed by atoms with Gasteiger partial charge in [-0.2, -0.15) is 5.26 Å². The van der Waals surface area contributed by atoms with Crippen molar-refractivity contribution in [1.82, 2.24) is 4.98 Å². The highest BCUT2D eigenvalue weighted by atomic mass is 35.5. The molecule has 0 radical (unpaired) electrons. The number of sulfonamides is 1. The summed E-state index contributed by atoms with van der Waals surface area (Å²) in [4.78, 5) is 4.07. The lowest BCUT2D eigenvalue weighted by Crippen LogP contribution is -2.31. The Hall–Kier alpha value is -2.88. The second-order valence-corrected chi connectivity index (χ2v) is 8.19. The van der Waals surface area contributed by atoms with Crippen LogP contribution in [0.5, 0.6) is 0 Å². The van der Waals surface area contributed by atoms with Crippen LogP contribution in [-0.4, -0.2) is 19.2 Å². The van der Waals surface area contributed by atoms with Gasteiger partial charge in [0.2, 0.25) is 10.0 Å². The fraction of sp³-hybridized carbons (Fsp3) is 0.143. The van der Waals surface area contributed by atoms with Gasteiger partial charge < -0.3 is 0 Å². The maximum absolute atomic E-state index is 12.7. The predicted molar refractivity (Wildman–Crippen MR) is 114 cm³/mol. The summed E-state index contributed by atoms with van der Waals surface area (Å²) in [5, 5.41) is 8.94. The number of rotatable bonds is 6. The van der Waals surface area contributed by atoms with Crippen LogP contribution >= 0.6 is 12.4 Å². The highest BCUT2D eigenvalue weighted by molar-refractivity contribution is 7.92. The number of halogens is 1. The van der Waals surface area contributed by atoms with E-state index in [1.54, 1.807) is 43.6 Å². The molecule has 0 N–H and O–H groups in total. The van der Waals surface area contributed by atoms with Crippen molar-refractivity contribution in [1.29, 1.82) is 5.26 Å². The third kappa shape index (κ3) is 4.89. The molecule has 0 aliphatic carbocycles. The molecule has 0 saturated heterocycles. The van der Waals surface area contributed by atoms with E-state index in [-0.39, 0.29) is 24.7 Å². The molecule has 0 spiro atoms. The van der Waals surface area contributed by atoms with Crippen LogP contribution in [0.25, 0.3) is 11.1 Å². The summed E-state index contributed by atoms with van der Waals surface area (Å²) in [7, 11) is -3.46. The van der Waals surface area contributed by atoms with Gasteiger partial charge in [0.15, 0.2) is 0 Å². The van der Waals surface area contributed by atoms with Crippen LogP contribution in [0.3, 0.4) is 0 Å². The van der Waals surface area contributed by atoms with E-state index in [0.29, 0.717) is 11.3 Å². The molecule has 0 atom stereocenters. The normalized spacial score (nSPS) is 10.6. The van der Waals surface area contributed by atoms with Crippen LogP contribution in [0.1, 0.15) is 18.1 Å². The minimum Gasteiger partial charge on any atom is -0.266 e. The number of nitriles is 1. The number of benzene rings is 2. The number of anilines is 1. The highest BCUT2D eigenvalue weighted by Gasteiger charge is 2.21. The number of hydrogen-bond donors (Lipinski definition) is 0. The minimum absolute atomic E-state index is 0. The molecule has 144 valence electrons. The van der Waals surface area contributed by atoms with Gasteiger partial charge in [-0.3, -0.25) is 9.29 Å². The molecule has 3 aromatic rings. The van der Waals surface area contributed by atoms with Gasteiger partial charge in [-0.05, 0) is 53.9 Å². The van der Waals surface area contributed by atoms with Crippen molar-refractivity contribution in [3.05, 3.63) is 84.2 Å². The Kier molecular flexibility index (Phi) is 7.16. The quantitative estimate of drug-likeness (QED) is 0.600. The molecule has 1 aromatic heterocycles. The molecule has 28 heavy (non-hydrogen) atoms. The van der Waals surface area contributed by atoms with Gasteiger partial charge in [0.05, 0.1) is 29.6 Å². The molecule has 0 bridgehead atoms. The Bertz CT molecular complexity index is 1060. The van der Waals surface area contributed by atoms with Crippen LogP contribution in [0, 0.1) is 11.3 Å². The Morgan fingerprint density at radius 3 is 2.39 bits per heavy atom. The molecule has 7 heteroatoms. The van der Waals surface area contributed by atoms with Gasteiger partial charge in [-0.15, -0.1) is 12.4 Å². The molecular weight excluding hydrogens is 394 g/mol. The summed E-state index contributed by atoms with van der Waals surface area (Å²) in [6.45, 7) is 1.86. The van der Waals surface area contributed by atoms with Gasteiger partial charge in [-0.1, -0.05) is 30.3 Å². The summed E-state index contributed by atoms with van der Waals surface area (Å²) in [6, 6.07) is 20.4. The van der Waals surface area contributed by atoms with Crippen molar-refractivity contribution in [2.75, 3.05) is 10.1 Å². The summed E-state index contributed by atoms with van der Waals surface area (Å²) in [5.41, 5.74) is 3.81. The predicted octanol–water partition coefficient (Wildman–Crippen LogP) is 4.40. The molecule has 1 heterocycles. The second kappa shape index (κ2) is 9.36. The lowest BCUT2D eigenvalue weighted by molar-refractivity contribution is 0.591. The SMILES string of the molecule is CCS(=O)(=O)N(Cc1cccnc1)c1cccc(-c2ccc(C#N)cc2)c1.Cl. The Balaban J connectivity index is 0.00000280. The van der Waals surface area contributed by atoms with Gasteiger partial charge >= 0.3 is 0 Å². The monoisotopic (exact) mass is 413 g/mol. The van der Waals surface area contributed by atoms with E-state index in [1.807, 2.05) is 36.4 Å². The van der Waals surface area contributed by atoms with E-state index in [1.165, 1.54) is 4.31 Å². The molecule has 2 aromatic carbocycles. The number of hydrogen-bond acceptors (Lipinski definition) is 4. The Morgan fingerprint density at radius 1 is 1.04 bits per heavy atom. The van der Waals surface area contributed by atoms with Crippen LogP contribution in [0.4, 0.5) is 5.69 Å². The van der Waals surface area contributed by atoms with E-state index in [4.69, 9.17) is 5.26 Å². The first-order valence-corrected chi connectivity index (χ1v) is 10.1. The van der Waals surface area contributed by atoms with Gasteiger partial charge in [0.25, 0.3) is 0 Å². The summed E-state index contributed by atoms with van der Waals surface area (Å²) >= 11 is 0. The average molecular weight is 414 g/mol. The third-order valence-electron chi connectivity index (χ3n) is 4.23. The largest absolute Gasteiger partial charge is 0.266 e. The van der Waals surface area contributed by atoms with E-state index in [2.05, 4.69) is 11.1 Å². The number of pyridine rings is 1. The smallest absolute Gasteiger partial charge is 0.235 e. The van der Waals surface area contributed by atoms with Crippen molar-refractivity contribution >= 4 is 28.1 Å². The zero-order chi connectivity index (χ0) is 19.3. The molecule has 0 amide bonds. The Morgan fingerprint density at radius 2 is 1.79 bits per heavy atom. The molecule has 0 unspecified atom stereocenters. The summed E-state index contributed by atoms with van der Waals surface area (Å²) in [6.07, 6.45) is 3.33. The zero-order valence-electron chi connectivity index (χ0n) is 15.3. The van der Waals surface area contributed by atoms with Crippen LogP contribution < -0.4 is 4.31 Å². The number of aromatic nitrogens is 1. The van der Waals surface area contributed by atoms with Gasteiger partial charge in [0.1, 0.15) is 0 Å². The third-order valence-corrected chi connectivity index (χ3v) is 5.97. The molecule has 0 fully saturated rings. The Labute approximate surface area is 171 Å². The maximum Gasteiger partial charge on any atom is 0.235 e. The fourth-order valence-corrected chi connectivity index (χ4v) is 3.83. The highest BCUT2D eigenvalue weighted by Crippen LogP contribution is 2.28. The second-order valence-electron chi connectivity index (χ2n) is 6.01. The summed E-state index contributed by atoms with van der Waals surface area (Å²) in [5.74, 6) is 0.00829. The van der Waals surface area contributed by atoms with Gasteiger partial charge in [-0.25, -0.2) is 8.42 Å². The zero-order valence-corrected chi connectivity index (χ0v) is 17.0. The van der Waals surface area contributed by atoms with E-state index >= 15 is 0 Å². The lowest BCUT2D eigenvalue weighted by atomic mass is 10.0. The first-order chi connectivity index (χ1) is 13.0. The van der Waals surface area contributed by atoms with Crippen molar-refractivity contribution in [3.8, 4) is 17.2 Å². The maximum atomic E-state index is 12.7.